The second-order valence-electron chi connectivity index (χ2n) is 21.4. The van der Waals surface area contributed by atoms with Crippen LogP contribution in [0.25, 0.3) is 18.2 Å². The van der Waals surface area contributed by atoms with Gasteiger partial charge in [0.15, 0.2) is 0 Å². The number of hydrogen-bond acceptors (Lipinski definition) is 17. The molecule has 0 spiro atoms. The smallest absolute Gasteiger partial charge is 0.487 e. The molecule has 3 saturated heterocycles. The molecule has 5 heterocycles. The number of ether oxygens (including phenoxy) is 2. The van der Waals surface area contributed by atoms with Crippen molar-refractivity contribution in [1.29, 1.82) is 0 Å². The summed E-state index contributed by atoms with van der Waals surface area (Å²) in [6.07, 6.45) is 7.92. The van der Waals surface area contributed by atoms with Gasteiger partial charge in [-0.2, -0.15) is 9.97 Å². The van der Waals surface area contributed by atoms with Gasteiger partial charge in [-0.1, -0.05) is 116 Å². The van der Waals surface area contributed by atoms with Gasteiger partial charge in [0.05, 0.1) is 39.2 Å². The number of benzene rings is 5. The number of nitrogens with two attached hydrogens (primary N) is 2. The molecule has 2 radical (unpaired) electrons. The molecule has 8 N–H and O–H groups in total. The van der Waals surface area contributed by atoms with Crippen molar-refractivity contribution in [2.24, 2.45) is 0 Å². The van der Waals surface area contributed by atoms with Gasteiger partial charge in [0.25, 0.3) is 19.4 Å². The van der Waals surface area contributed by atoms with Gasteiger partial charge >= 0.3 is 18.5 Å². The summed E-state index contributed by atoms with van der Waals surface area (Å²) in [5.74, 6) is -0.0382. The molecule has 496 valence electrons. The fourth-order valence-corrected chi connectivity index (χ4v) is 12.5. The number of nitrogen functional groups attached to an aromatic ring is 2. The number of anilines is 2. The predicted octanol–water partition coefficient (Wildman–Crippen LogP) is 8.48. The van der Waals surface area contributed by atoms with Gasteiger partial charge in [0.2, 0.25) is 0 Å². The van der Waals surface area contributed by atoms with E-state index in [-0.39, 0.29) is 212 Å². The third-order valence-electron chi connectivity index (χ3n) is 14.2. The molecular formula is C65H75BCs2F2IN6O15PPd. The minimum absolute atomic E-state index is 0. The minimum Gasteiger partial charge on any atom is -0.495 e. The van der Waals surface area contributed by atoms with Gasteiger partial charge in [0, 0.05) is 203 Å². The molecule has 6 atom stereocenters. The molecule has 21 nitrogen and oxygen atoms in total. The molecule has 5 aromatic carbocycles. The van der Waals surface area contributed by atoms with Crippen LogP contribution in [0.3, 0.4) is 0 Å². The Morgan fingerprint density at radius 3 is 1.38 bits per heavy atom. The Morgan fingerprint density at radius 2 is 1.02 bits per heavy atom. The maximum Gasteiger partial charge on any atom is 0.487 e. The summed E-state index contributed by atoms with van der Waals surface area (Å²) in [6.45, 7) is 15.5. The summed E-state index contributed by atoms with van der Waals surface area (Å²) < 4.78 is 57.9. The minimum atomic E-state index is -2.55. The molecule has 3 fully saturated rings. The van der Waals surface area contributed by atoms with Crippen molar-refractivity contribution in [3.05, 3.63) is 211 Å². The maximum atomic E-state index is 13.0. The number of carboxylic acids is 2. The predicted molar refractivity (Wildman–Crippen MR) is 366 cm³/mol. The Kier molecular flexibility index (Phi) is 39.6. The number of aromatic nitrogens is 4. The summed E-state index contributed by atoms with van der Waals surface area (Å²) in [5, 5.41) is 37.5. The number of carboxylic acid groups (broad SMARTS) is 2. The van der Waals surface area contributed by atoms with Gasteiger partial charge in [-0.05, 0) is 147 Å². The zero-order valence-corrected chi connectivity index (χ0v) is 70.9. The number of halogens is 3. The molecule has 0 saturated carbocycles. The van der Waals surface area contributed by atoms with Crippen LogP contribution in [-0.2, 0) is 63.2 Å². The third-order valence-corrected chi connectivity index (χ3v) is 18.4. The van der Waals surface area contributed by atoms with E-state index in [9.17, 15) is 33.4 Å². The summed E-state index contributed by atoms with van der Waals surface area (Å²) in [7, 11) is -2.92. The van der Waals surface area contributed by atoms with E-state index in [0.717, 1.165) is 40.9 Å². The van der Waals surface area contributed by atoms with Crippen LogP contribution in [0, 0.1) is 15.2 Å². The largest absolute Gasteiger partial charge is 0.495 e. The van der Waals surface area contributed by atoms with E-state index in [0.29, 0.717) is 34.8 Å². The Bertz CT molecular complexity index is 3520. The van der Waals surface area contributed by atoms with Crippen LogP contribution in [0.15, 0.2) is 167 Å². The molecular weight excluding hydrogens is 1680 g/mol. The molecule has 0 aliphatic carbocycles. The van der Waals surface area contributed by atoms with Gasteiger partial charge in [-0.3, -0.25) is 18.7 Å². The Hall–Kier alpha value is -3.08. The first-order chi connectivity index (χ1) is 43.1. The van der Waals surface area contributed by atoms with Crippen molar-refractivity contribution in [3.63, 3.8) is 0 Å². The Balaban J connectivity index is 0.000000410. The third kappa shape index (κ3) is 26.5. The first kappa shape index (κ1) is 87.0. The van der Waals surface area contributed by atoms with E-state index in [1.165, 1.54) is 39.9 Å². The fourth-order valence-electron chi connectivity index (χ4n) is 9.05. The standard InChI is InChI=1S/C19H15O3P.C18H20FN3O3.C14H18BFO2.C10H14IN3O3.2C2H4O2.2Cs.Pd/c20-16-21-22-23(17-10-4-1-5-11-17,18-12-6-2-7-13-18)19-14-8-3-9-15-19;1-2-15-14(23)9-16(25-15)22-10-12(17(20)21-18(22)24)6-3-11-4-7-13(19)8-5-11;1-13(2)14(3,4)18-15(17-13)10-9-11-5-7-12(16)8-6-11;1-2-7-6(15)3-8(17-7)14-4-5(11)9(12)13-10(14)16;2*1-2(3)4;;;/h1-15H;3-8,10,14-16,23H,2,9H2,1H3,(H2,20,21,24);5-10H,1-4H3;4,6-8,15H,2-3H2,1H3,(H2,12,13,16);2*1H3,(H,3,4);;;/b;6-3+;10-9+;;;;;;/t;14-,15-,16-;;6-,7-,8-;;;;;/m.1.1...../s1. The Labute approximate surface area is 691 Å². The summed E-state index contributed by atoms with van der Waals surface area (Å²) in [4.78, 5) is 64.8. The van der Waals surface area contributed by atoms with Gasteiger partial charge in [0.1, 0.15) is 51.6 Å². The monoisotopic (exact) mass is 1760 g/mol. The molecule has 10 rings (SSSR count). The molecule has 3 aliphatic rings. The number of carbonyl (C=O) groups excluding carboxylic acids is 1. The fraction of sp³-hybridized carbons (Fsp3) is 0.308. The topological polar surface area (TPSA) is 309 Å². The summed E-state index contributed by atoms with van der Waals surface area (Å²) in [6, 6.07) is 41.8. The van der Waals surface area contributed by atoms with E-state index in [4.69, 9.17) is 59.6 Å². The van der Waals surface area contributed by atoms with Crippen LogP contribution in [0.5, 0.6) is 0 Å². The zero-order chi connectivity index (χ0) is 67.1. The SMILES string of the molecule is CC(=O)O.CC(=O)O.CC1(C)OB(/C=C/c2ccc(F)cc2)OC1(C)C.CC[C@H]1O[C@@H](n2cc(/C=C/c3ccc(F)cc3)c(N)nc2=O)C[C@H]1O.CC[C@H]1O[C@@H](n2cc(I)c(N)nc2=O)C[C@H]1O.O=[C-]OO[P+](c1ccccc1)(c1ccccc1)c1ccccc1.[Cs].[Cs].[Pd]. The normalized spacial score (nSPS) is 18.8. The number of aliphatic hydroxyl groups is 2. The number of rotatable bonds is 14. The van der Waals surface area contributed by atoms with Crippen molar-refractivity contribution < 1.29 is 92.4 Å². The molecule has 29 heteroatoms. The number of aliphatic hydroxyl groups excluding tert-OH is 2. The summed E-state index contributed by atoms with van der Waals surface area (Å²) in [5.41, 5.74) is 12.0. The van der Waals surface area contributed by atoms with Crippen LogP contribution < -0.4 is 38.8 Å². The molecule has 0 bridgehead atoms. The quantitative estimate of drug-likeness (QED) is 0.0148. The van der Waals surface area contributed by atoms with Gasteiger partial charge in [-0.15, -0.1) is 0 Å². The van der Waals surface area contributed by atoms with Gasteiger partial charge < -0.3 is 60.4 Å². The van der Waals surface area contributed by atoms with Crippen LogP contribution >= 0.6 is 30.1 Å². The first-order valence-corrected chi connectivity index (χ1v) is 31.4. The van der Waals surface area contributed by atoms with E-state index in [2.05, 4.69) is 9.97 Å². The molecule has 2 aromatic heterocycles. The average molecular weight is 1760 g/mol. The number of carbonyl (C=O) groups is 2. The van der Waals surface area contributed by atoms with Crippen molar-refractivity contribution in [3.8, 4) is 0 Å². The van der Waals surface area contributed by atoms with Gasteiger partial charge in [-0.25, -0.2) is 18.4 Å². The van der Waals surface area contributed by atoms with Crippen LogP contribution in [0.4, 0.5) is 20.4 Å². The molecule has 0 amide bonds. The van der Waals surface area contributed by atoms with E-state index >= 15 is 0 Å². The van der Waals surface area contributed by atoms with E-state index in [1.54, 1.807) is 48.8 Å². The van der Waals surface area contributed by atoms with Crippen LogP contribution in [-0.4, -0.2) is 238 Å². The second kappa shape index (κ2) is 42.8. The van der Waals surface area contributed by atoms with E-state index < -0.39 is 55.5 Å². The van der Waals surface area contributed by atoms with Crippen LogP contribution in [0.1, 0.15) is 110 Å². The van der Waals surface area contributed by atoms with Crippen molar-refractivity contribution in [2.75, 3.05) is 11.5 Å². The van der Waals surface area contributed by atoms with Crippen molar-refractivity contribution in [2.45, 2.75) is 129 Å². The number of nitrogens with zero attached hydrogens (tertiary/aromatic N) is 4. The maximum absolute atomic E-state index is 13.0. The molecule has 7 aromatic rings. The first-order valence-electron chi connectivity index (χ1n) is 28.6. The molecule has 3 aliphatic heterocycles. The molecule has 0 unspecified atom stereocenters. The molecule has 94 heavy (non-hydrogen) atoms. The summed E-state index contributed by atoms with van der Waals surface area (Å²) >= 11 is 2.01. The van der Waals surface area contributed by atoms with Crippen molar-refractivity contribution in [1.82, 2.24) is 19.1 Å². The Morgan fingerprint density at radius 1 is 0.660 bits per heavy atom. The van der Waals surface area contributed by atoms with Crippen LogP contribution in [0.2, 0.25) is 0 Å². The van der Waals surface area contributed by atoms with Crippen molar-refractivity contribution >= 4 is 239 Å². The number of hydrogen-bond donors (Lipinski definition) is 6. The zero-order valence-electron chi connectivity index (χ0n) is 53.7. The second-order valence-corrected chi connectivity index (χ2v) is 25.5. The number of aliphatic carboxylic acids is 2. The van der Waals surface area contributed by atoms with E-state index in [1.807, 2.05) is 167 Å². The average Bonchev–Trinajstić information content (AvgIpc) is 1.12.